The molecule has 4 heterocycles. The molecule has 0 atom stereocenters. The lowest BCUT2D eigenvalue weighted by molar-refractivity contribution is -0.111. The molecule has 4 N–H and O–H groups in total. The molecule has 1 saturated heterocycles. The predicted octanol–water partition coefficient (Wildman–Crippen LogP) is 5.92. The Morgan fingerprint density at radius 3 is 2.68 bits per heavy atom. The summed E-state index contributed by atoms with van der Waals surface area (Å²) in [5.74, 6) is 1.83. The van der Waals surface area contributed by atoms with Crippen molar-refractivity contribution in [1.82, 2.24) is 29.9 Å². The van der Waals surface area contributed by atoms with Gasteiger partial charge in [-0.2, -0.15) is 19.6 Å². The van der Waals surface area contributed by atoms with E-state index in [4.69, 9.17) is 15.0 Å². The molecular weight excluding hydrogens is 550 g/mol. The van der Waals surface area contributed by atoms with Gasteiger partial charge in [0.15, 0.2) is 5.65 Å². The average Bonchev–Trinajstić information content (AvgIpc) is 3.48. The van der Waals surface area contributed by atoms with Crippen molar-refractivity contribution >= 4 is 40.0 Å². The Balaban J connectivity index is 1.33. The number of carbonyl (C=O) groups is 1. The topological polar surface area (TPSA) is 121 Å². The third-order valence-electron chi connectivity index (χ3n) is 8.30. The number of anilines is 3. The number of nitrogens with zero attached hydrogens (tertiary/aromatic N) is 5. The van der Waals surface area contributed by atoms with Crippen LogP contribution in [0.1, 0.15) is 49.3 Å². The third-order valence-corrected chi connectivity index (χ3v) is 8.30. The molecule has 6 rings (SSSR count). The Bertz CT molecular complexity index is 1820. The second-order valence-electron chi connectivity index (χ2n) is 11.7. The van der Waals surface area contributed by atoms with Gasteiger partial charge in [0, 0.05) is 29.6 Å². The van der Waals surface area contributed by atoms with Crippen LogP contribution in [0.2, 0.25) is 0 Å². The molecule has 0 aliphatic carbocycles. The van der Waals surface area contributed by atoms with Gasteiger partial charge in [0.1, 0.15) is 0 Å². The van der Waals surface area contributed by atoms with Crippen molar-refractivity contribution in [2.24, 2.45) is 5.92 Å². The zero-order valence-electron chi connectivity index (χ0n) is 25.5. The minimum Gasteiger partial charge on any atom is -0.354 e. The fourth-order valence-electron chi connectivity index (χ4n) is 5.74. The van der Waals surface area contributed by atoms with E-state index in [1.807, 2.05) is 42.6 Å². The Labute approximate surface area is 257 Å². The number of hydrogen-bond donors (Lipinski definition) is 4. The molecule has 1 amide bonds. The summed E-state index contributed by atoms with van der Waals surface area (Å²) in [4.78, 5) is 26.9. The van der Waals surface area contributed by atoms with Crippen LogP contribution < -0.4 is 21.3 Å². The molecule has 2 aromatic carbocycles. The molecule has 0 spiro atoms. The van der Waals surface area contributed by atoms with Crippen molar-refractivity contribution in [2.75, 3.05) is 35.6 Å². The lowest BCUT2D eigenvalue weighted by Gasteiger charge is -2.23. The van der Waals surface area contributed by atoms with Gasteiger partial charge in [-0.15, -0.1) is 0 Å². The largest absolute Gasteiger partial charge is 0.354 e. The van der Waals surface area contributed by atoms with Crippen LogP contribution in [0.25, 0.3) is 27.8 Å². The zero-order valence-corrected chi connectivity index (χ0v) is 25.5. The summed E-state index contributed by atoms with van der Waals surface area (Å²) in [6.45, 7) is 13.4. The highest BCUT2D eigenvalue weighted by atomic mass is 16.1. The number of carbonyl (C=O) groups excluding carboxylic acids is 1. The van der Waals surface area contributed by atoms with Crippen LogP contribution in [-0.4, -0.2) is 50.1 Å². The summed E-state index contributed by atoms with van der Waals surface area (Å²) >= 11 is 0. The molecule has 226 valence electrons. The molecule has 5 aromatic rings. The fraction of sp³-hybridized carbons (Fsp3) is 0.324. The van der Waals surface area contributed by atoms with Gasteiger partial charge in [0.2, 0.25) is 17.8 Å². The Morgan fingerprint density at radius 2 is 1.89 bits per heavy atom. The van der Waals surface area contributed by atoms with Crippen LogP contribution in [0.3, 0.4) is 0 Å². The van der Waals surface area contributed by atoms with E-state index < -0.39 is 0 Å². The summed E-state index contributed by atoms with van der Waals surface area (Å²) in [7, 11) is 0. The second-order valence-corrected chi connectivity index (χ2v) is 11.7. The summed E-state index contributed by atoms with van der Waals surface area (Å²) in [5, 5.41) is 19.0. The monoisotopic (exact) mass is 589 g/mol. The molecule has 10 heteroatoms. The maximum atomic E-state index is 12.1. The zero-order chi connectivity index (χ0) is 30.6. The number of aromatic nitrogens is 5. The minimum absolute atomic E-state index is 0.273. The number of hydrogen-bond acceptors (Lipinski definition) is 8. The smallest absolute Gasteiger partial charge is 0.247 e. The molecule has 0 bridgehead atoms. The van der Waals surface area contributed by atoms with E-state index in [0.29, 0.717) is 30.0 Å². The number of benzene rings is 2. The van der Waals surface area contributed by atoms with E-state index in [9.17, 15) is 4.79 Å². The van der Waals surface area contributed by atoms with Gasteiger partial charge in [-0.25, -0.2) is 4.98 Å². The van der Waals surface area contributed by atoms with Crippen LogP contribution in [0, 0.1) is 12.8 Å². The molecule has 44 heavy (non-hydrogen) atoms. The number of fused-ring (bicyclic) bond motifs is 2. The predicted molar refractivity (Wildman–Crippen MR) is 177 cm³/mol. The quantitative estimate of drug-likeness (QED) is 0.148. The number of para-hydroxylation sites is 1. The second kappa shape index (κ2) is 12.8. The van der Waals surface area contributed by atoms with Crippen molar-refractivity contribution < 1.29 is 4.79 Å². The lowest BCUT2D eigenvalue weighted by Crippen LogP contribution is -2.31. The molecule has 1 fully saturated rings. The molecule has 1 aliphatic heterocycles. The highest BCUT2D eigenvalue weighted by molar-refractivity contribution is 6.05. The molecule has 3 aromatic heterocycles. The van der Waals surface area contributed by atoms with Crippen LogP contribution in [-0.2, 0) is 11.3 Å². The number of rotatable bonds is 10. The van der Waals surface area contributed by atoms with Crippen LogP contribution in [0.15, 0.2) is 67.4 Å². The Hall–Kier alpha value is -4.83. The van der Waals surface area contributed by atoms with E-state index in [1.165, 1.54) is 6.08 Å². The lowest BCUT2D eigenvalue weighted by atomic mass is 9.98. The van der Waals surface area contributed by atoms with Crippen LogP contribution in [0.5, 0.6) is 0 Å². The van der Waals surface area contributed by atoms with Crippen molar-refractivity contribution in [3.05, 3.63) is 84.1 Å². The maximum Gasteiger partial charge on any atom is 0.247 e. The number of nitrogens with one attached hydrogen (secondary N) is 4. The summed E-state index contributed by atoms with van der Waals surface area (Å²) in [6, 6.07) is 16.0. The third kappa shape index (κ3) is 6.12. The maximum absolute atomic E-state index is 12.1. The standard InChI is InChI=1S/C34H39N9O/c1-5-30(44)39-29-11-7-9-24-12-13-28(40-31(24)29)25-10-6-8-22(4)27(25)19-37-34-42-33(36-18-23-14-16-35-17-15-23)41-32-26(21(2)3)20-38-43(32)34/h5-13,20-21,23,35H,1,14-19H2,2-4H3,(H,39,44)(H2,36,37,41,42). The van der Waals surface area contributed by atoms with Gasteiger partial charge in [-0.1, -0.05) is 56.8 Å². The van der Waals surface area contributed by atoms with Crippen molar-refractivity contribution in [1.29, 1.82) is 0 Å². The average molecular weight is 590 g/mol. The van der Waals surface area contributed by atoms with Gasteiger partial charge in [0.25, 0.3) is 0 Å². The van der Waals surface area contributed by atoms with E-state index in [1.54, 1.807) is 4.52 Å². The normalized spacial score (nSPS) is 13.8. The van der Waals surface area contributed by atoms with Crippen LogP contribution >= 0.6 is 0 Å². The van der Waals surface area contributed by atoms with Crippen LogP contribution in [0.4, 0.5) is 17.6 Å². The summed E-state index contributed by atoms with van der Waals surface area (Å²) in [5.41, 5.74) is 7.30. The van der Waals surface area contributed by atoms with E-state index >= 15 is 0 Å². The fourth-order valence-corrected chi connectivity index (χ4v) is 5.74. The van der Waals surface area contributed by atoms with Gasteiger partial charge in [-0.3, -0.25) is 4.79 Å². The first-order chi connectivity index (χ1) is 21.4. The molecule has 1 aliphatic rings. The van der Waals surface area contributed by atoms with E-state index in [-0.39, 0.29) is 11.8 Å². The van der Waals surface area contributed by atoms with Crippen molar-refractivity contribution in [3.8, 4) is 11.3 Å². The highest BCUT2D eigenvalue weighted by Crippen LogP contribution is 2.30. The van der Waals surface area contributed by atoms with Crippen molar-refractivity contribution in [3.63, 3.8) is 0 Å². The van der Waals surface area contributed by atoms with Gasteiger partial charge >= 0.3 is 0 Å². The SMILES string of the molecule is C=CC(=O)Nc1cccc2ccc(-c3cccc(C)c3CNc3nc(NCC4CCNCC4)nc4c(C(C)C)cnn34)nc12. The molecule has 10 nitrogen and oxygen atoms in total. The van der Waals surface area contributed by atoms with Gasteiger partial charge in [-0.05, 0) is 74.0 Å². The van der Waals surface area contributed by atoms with Gasteiger partial charge in [0.05, 0.1) is 23.1 Å². The summed E-state index contributed by atoms with van der Waals surface area (Å²) < 4.78 is 1.80. The molecule has 0 unspecified atom stereocenters. The molecular formula is C34H39N9O. The summed E-state index contributed by atoms with van der Waals surface area (Å²) in [6.07, 6.45) is 5.43. The number of amides is 1. The highest BCUT2D eigenvalue weighted by Gasteiger charge is 2.19. The molecule has 0 saturated carbocycles. The number of piperidine rings is 1. The minimum atomic E-state index is -0.273. The van der Waals surface area contributed by atoms with E-state index in [2.05, 4.69) is 65.8 Å². The Morgan fingerprint density at radius 1 is 1.07 bits per heavy atom. The van der Waals surface area contributed by atoms with E-state index in [0.717, 1.165) is 77.0 Å². The first-order valence-electron chi connectivity index (χ1n) is 15.3. The number of pyridine rings is 1. The Kier molecular flexibility index (Phi) is 8.51. The van der Waals surface area contributed by atoms with Crippen molar-refractivity contribution in [2.45, 2.75) is 46.1 Å². The number of aryl methyl sites for hydroxylation is 1. The first kappa shape index (κ1) is 29.3. The molecule has 0 radical (unpaired) electrons. The van der Waals surface area contributed by atoms with Gasteiger partial charge < -0.3 is 21.3 Å². The first-order valence-corrected chi connectivity index (χ1v) is 15.3.